The highest BCUT2D eigenvalue weighted by molar-refractivity contribution is 5.79. The van der Waals surface area contributed by atoms with Crippen LogP contribution >= 0.6 is 0 Å². The summed E-state index contributed by atoms with van der Waals surface area (Å²) < 4.78 is 0. The highest BCUT2D eigenvalue weighted by Gasteiger charge is 2.43. The number of likely N-dealkylation sites (tertiary alicyclic amines) is 1. The van der Waals surface area contributed by atoms with Crippen LogP contribution in [0.2, 0.25) is 0 Å². The average molecular weight is 446 g/mol. The van der Waals surface area contributed by atoms with E-state index in [-0.39, 0.29) is 17.9 Å². The second kappa shape index (κ2) is 9.20. The summed E-state index contributed by atoms with van der Waals surface area (Å²) >= 11 is 0. The second-order valence-corrected chi connectivity index (χ2v) is 9.75. The molecule has 0 unspecified atom stereocenters. The number of piperidine rings is 1. The van der Waals surface area contributed by atoms with Crippen LogP contribution in [0.25, 0.3) is 0 Å². The van der Waals surface area contributed by atoms with Crippen molar-refractivity contribution in [3.05, 3.63) is 70.8 Å². The molecule has 2 bridgehead atoms. The zero-order chi connectivity index (χ0) is 22.9. The van der Waals surface area contributed by atoms with Gasteiger partial charge in [0.05, 0.1) is 0 Å². The SMILES string of the molecule is CCN(CC)C(=O)N1CCC(C(=O)NC[C@@H]2CC3c4ccccc4C2c2ccccc23)CC1. The largest absolute Gasteiger partial charge is 0.356 e. The van der Waals surface area contributed by atoms with Crippen molar-refractivity contribution in [2.45, 2.75) is 44.9 Å². The van der Waals surface area contributed by atoms with Gasteiger partial charge in [0.15, 0.2) is 0 Å². The summed E-state index contributed by atoms with van der Waals surface area (Å²) in [6.07, 6.45) is 2.60. The molecular weight excluding hydrogens is 410 g/mol. The van der Waals surface area contributed by atoms with E-state index in [9.17, 15) is 9.59 Å². The number of carbonyl (C=O) groups is 2. The molecule has 1 saturated heterocycles. The fourth-order valence-corrected chi connectivity index (χ4v) is 6.36. The molecule has 174 valence electrons. The van der Waals surface area contributed by atoms with Crippen molar-refractivity contribution < 1.29 is 9.59 Å². The number of carbonyl (C=O) groups excluding carboxylic acids is 2. The van der Waals surface area contributed by atoms with Gasteiger partial charge in [0, 0.05) is 50.5 Å². The number of hydrogen-bond acceptors (Lipinski definition) is 2. The lowest BCUT2D eigenvalue weighted by atomic mass is 9.59. The van der Waals surface area contributed by atoms with Crippen molar-refractivity contribution in [1.82, 2.24) is 15.1 Å². The van der Waals surface area contributed by atoms with E-state index in [1.165, 1.54) is 22.3 Å². The molecule has 0 radical (unpaired) electrons. The van der Waals surface area contributed by atoms with Crippen LogP contribution in [0.5, 0.6) is 0 Å². The van der Waals surface area contributed by atoms with Gasteiger partial charge in [0.2, 0.25) is 5.91 Å². The third-order valence-corrected chi connectivity index (χ3v) is 8.13. The minimum absolute atomic E-state index is 0.00565. The lowest BCUT2D eigenvalue weighted by Crippen LogP contribution is -2.49. The van der Waals surface area contributed by atoms with Crippen molar-refractivity contribution >= 4 is 11.9 Å². The Kier molecular flexibility index (Phi) is 6.13. The van der Waals surface area contributed by atoms with Crippen molar-refractivity contribution in [2.75, 3.05) is 32.7 Å². The zero-order valence-corrected chi connectivity index (χ0v) is 19.8. The number of urea groups is 1. The van der Waals surface area contributed by atoms with E-state index in [0.29, 0.717) is 30.8 Å². The predicted octanol–water partition coefficient (Wildman–Crippen LogP) is 4.57. The van der Waals surface area contributed by atoms with Gasteiger partial charge < -0.3 is 15.1 Å². The third kappa shape index (κ3) is 3.92. The number of hydrogen-bond donors (Lipinski definition) is 1. The predicted molar refractivity (Wildman–Crippen MR) is 130 cm³/mol. The van der Waals surface area contributed by atoms with Gasteiger partial charge in [0.1, 0.15) is 0 Å². The second-order valence-electron chi connectivity index (χ2n) is 9.75. The summed E-state index contributed by atoms with van der Waals surface area (Å²) in [6, 6.07) is 17.8. The van der Waals surface area contributed by atoms with Crippen LogP contribution < -0.4 is 5.32 Å². The minimum atomic E-state index is 0.00565. The first kappa shape index (κ1) is 22.0. The maximum Gasteiger partial charge on any atom is 0.319 e. The van der Waals surface area contributed by atoms with Crippen molar-refractivity contribution in [2.24, 2.45) is 11.8 Å². The molecule has 2 aromatic rings. The molecule has 1 fully saturated rings. The highest BCUT2D eigenvalue weighted by atomic mass is 16.2. The number of fused-ring (bicyclic) bond motifs is 1. The van der Waals surface area contributed by atoms with E-state index in [1.807, 2.05) is 23.6 Å². The Morgan fingerprint density at radius 1 is 0.909 bits per heavy atom. The van der Waals surface area contributed by atoms with Crippen LogP contribution in [-0.4, -0.2) is 54.5 Å². The Morgan fingerprint density at radius 2 is 1.45 bits per heavy atom. The van der Waals surface area contributed by atoms with E-state index < -0.39 is 0 Å². The molecule has 1 N–H and O–H groups in total. The van der Waals surface area contributed by atoms with Gasteiger partial charge in [-0.05, 0) is 61.3 Å². The number of benzene rings is 2. The Hall–Kier alpha value is -2.82. The third-order valence-electron chi connectivity index (χ3n) is 8.13. The van der Waals surface area contributed by atoms with Crippen LogP contribution in [0.1, 0.15) is 67.2 Å². The summed E-state index contributed by atoms with van der Waals surface area (Å²) in [4.78, 5) is 29.4. The quantitative estimate of drug-likeness (QED) is 0.733. The van der Waals surface area contributed by atoms with Crippen LogP contribution in [0.15, 0.2) is 48.5 Å². The topological polar surface area (TPSA) is 52.7 Å². The molecule has 0 aromatic heterocycles. The molecule has 3 aliphatic carbocycles. The first-order chi connectivity index (χ1) is 16.1. The van der Waals surface area contributed by atoms with Gasteiger partial charge in [-0.25, -0.2) is 4.79 Å². The normalized spacial score (nSPS) is 23.6. The number of nitrogens with zero attached hydrogens (tertiary/aromatic N) is 2. The monoisotopic (exact) mass is 445 g/mol. The van der Waals surface area contributed by atoms with Crippen LogP contribution in [0.4, 0.5) is 4.79 Å². The molecular formula is C28H35N3O2. The smallest absolute Gasteiger partial charge is 0.319 e. The van der Waals surface area contributed by atoms with E-state index >= 15 is 0 Å². The molecule has 3 amide bonds. The molecule has 5 heteroatoms. The van der Waals surface area contributed by atoms with Crippen molar-refractivity contribution in [3.63, 3.8) is 0 Å². The molecule has 1 heterocycles. The molecule has 1 atom stereocenters. The van der Waals surface area contributed by atoms with Gasteiger partial charge in [-0.2, -0.15) is 0 Å². The summed E-state index contributed by atoms with van der Waals surface area (Å²) in [5.74, 6) is 1.38. The van der Waals surface area contributed by atoms with Crippen molar-refractivity contribution in [3.8, 4) is 0 Å². The summed E-state index contributed by atoms with van der Waals surface area (Å²) in [5.41, 5.74) is 5.81. The first-order valence-corrected chi connectivity index (χ1v) is 12.6. The number of nitrogens with one attached hydrogen (secondary N) is 1. The molecule has 1 aliphatic heterocycles. The van der Waals surface area contributed by atoms with E-state index in [4.69, 9.17) is 0 Å². The lowest BCUT2D eigenvalue weighted by molar-refractivity contribution is -0.126. The fourth-order valence-electron chi connectivity index (χ4n) is 6.36. The summed E-state index contributed by atoms with van der Waals surface area (Å²) in [6.45, 7) is 7.54. The maximum absolute atomic E-state index is 13.0. The first-order valence-electron chi connectivity index (χ1n) is 12.6. The zero-order valence-electron chi connectivity index (χ0n) is 19.8. The molecule has 33 heavy (non-hydrogen) atoms. The number of amides is 3. The summed E-state index contributed by atoms with van der Waals surface area (Å²) in [5, 5.41) is 3.30. The van der Waals surface area contributed by atoms with Gasteiger partial charge in [-0.3, -0.25) is 4.79 Å². The van der Waals surface area contributed by atoms with E-state index in [0.717, 1.165) is 38.9 Å². The van der Waals surface area contributed by atoms with Gasteiger partial charge in [-0.1, -0.05) is 48.5 Å². The van der Waals surface area contributed by atoms with Crippen LogP contribution in [0, 0.1) is 11.8 Å². The van der Waals surface area contributed by atoms with Gasteiger partial charge >= 0.3 is 6.03 Å². The van der Waals surface area contributed by atoms with Crippen LogP contribution in [-0.2, 0) is 4.79 Å². The number of rotatable bonds is 5. The van der Waals surface area contributed by atoms with Crippen molar-refractivity contribution in [1.29, 1.82) is 0 Å². The molecule has 5 nitrogen and oxygen atoms in total. The average Bonchev–Trinajstić information content (AvgIpc) is 2.88. The van der Waals surface area contributed by atoms with E-state index in [2.05, 4.69) is 53.8 Å². The van der Waals surface area contributed by atoms with E-state index in [1.54, 1.807) is 0 Å². The minimum Gasteiger partial charge on any atom is -0.356 e. The Balaban J connectivity index is 1.22. The Bertz CT molecular complexity index is 976. The molecule has 0 spiro atoms. The standard InChI is InChI=1S/C28H35N3O2/c1-3-30(4-2)28(33)31-15-13-19(14-16-31)27(32)29-18-20-17-25-21-9-5-7-11-23(21)26(20)24-12-8-6-10-22(24)25/h5-12,19-20,25-26H,3-4,13-18H2,1-2H3,(H,29,32)/t20-,25?,26?/m0/s1. The lowest BCUT2D eigenvalue weighted by Gasteiger charge is -2.45. The van der Waals surface area contributed by atoms with Crippen LogP contribution in [0.3, 0.4) is 0 Å². The molecule has 4 aliphatic rings. The van der Waals surface area contributed by atoms with Gasteiger partial charge in [0.25, 0.3) is 0 Å². The Labute approximate surface area is 197 Å². The Morgan fingerprint density at radius 3 is 2.00 bits per heavy atom. The highest BCUT2D eigenvalue weighted by Crippen LogP contribution is 2.55. The molecule has 6 rings (SSSR count). The molecule has 0 saturated carbocycles. The van der Waals surface area contributed by atoms with Gasteiger partial charge in [-0.15, -0.1) is 0 Å². The summed E-state index contributed by atoms with van der Waals surface area (Å²) in [7, 11) is 0. The molecule has 2 aromatic carbocycles. The maximum atomic E-state index is 13.0. The fraction of sp³-hybridized carbons (Fsp3) is 0.500.